The normalized spacial score (nSPS) is 16.6. The molecule has 0 saturated heterocycles. The lowest BCUT2D eigenvalue weighted by molar-refractivity contribution is -0.249. The van der Waals surface area contributed by atoms with Gasteiger partial charge in [-0.3, -0.25) is 0 Å². The summed E-state index contributed by atoms with van der Waals surface area (Å²) >= 11 is 0. The minimum atomic E-state index is -5.04. The van der Waals surface area contributed by atoms with Gasteiger partial charge >= 0.3 is 6.18 Å². The Labute approximate surface area is 262 Å². The molecule has 0 bridgehead atoms. The molecule has 0 fully saturated rings. The number of ether oxygens (including phenoxy) is 2. The van der Waals surface area contributed by atoms with E-state index in [1.54, 1.807) is 31.4 Å². The van der Waals surface area contributed by atoms with Crippen molar-refractivity contribution in [1.82, 2.24) is 0 Å². The first kappa shape index (κ1) is 34.3. The quantitative estimate of drug-likeness (QED) is 0.166. The van der Waals surface area contributed by atoms with Gasteiger partial charge in [-0.05, 0) is 25.0 Å². The van der Waals surface area contributed by atoms with Gasteiger partial charge in [0, 0.05) is 41.5 Å². The molecular weight excluding hydrogens is 577 g/mol. The summed E-state index contributed by atoms with van der Waals surface area (Å²) in [5.74, 6) is -0.00811. The van der Waals surface area contributed by atoms with E-state index in [0.29, 0.717) is 5.75 Å². The summed E-state index contributed by atoms with van der Waals surface area (Å²) in [6.45, 7) is 6.26. The van der Waals surface area contributed by atoms with Gasteiger partial charge in [-0.1, -0.05) is 93.5 Å². The lowest BCUT2D eigenvalue weighted by Gasteiger charge is -2.33. The fourth-order valence-corrected chi connectivity index (χ4v) is 4.97. The number of unbranched alkanes of at least 4 members (excludes halogenated alkanes) is 2. The number of nitriles is 3. The monoisotopic (exact) mass is 612 g/mol. The number of allylic oxidation sites excluding steroid dienone is 6. The van der Waals surface area contributed by atoms with Crippen LogP contribution < -0.4 is 9.64 Å². The van der Waals surface area contributed by atoms with E-state index in [0.717, 1.165) is 56.1 Å². The van der Waals surface area contributed by atoms with Crippen LogP contribution in [0.1, 0.15) is 50.7 Å². The number of alkyl halides is 3. The molecule has 45 heavy (non-hydrogen) atoms. The number of rotatable bonds is 13. The van der Waals surface area contributed by atoms with Crippen molar-refractivity contribution in [3.8, 4) is 24.0 Å². The summed E-state index contributed by atoms with van der Waals surface area (Å²) in [7, 11) is 1.61. The third-order valence-electron chi connectivity index (χ3n) is 7.29. The second kappa shape index (κ2) is 16.0. The molecule has 2 aromatic carbocycles. The zero-order valence-corrected chi connectivity index (χ0v) is 25.6. The van der Waals surface area contributed by atoms with Gasteiger partial charge in [0.1, 0.15) is 29.5 Å². The molecule has 1 aliphatic rings. The van der Waals surface area contributed by atoms with Crippen molar-refractivity contribution in [2.45, 2.75) is 51.3 Å². The molecule has 9 heteroatoms. The first-order valence-corrected chi connectivity index (χ1v) is 14.7. The average Bonchev–Trinajstić information content (AvgIpc) is 3.39. The van der Waals surface area contributed by atoms with E-state index in [4.69, 9.17) is 9.47 Å². The molecule has 0 saturated carbocycles. The van der Waals surface area contributed by atoms with Gasteiger partial charge in [0.2, 0.25) is 0 Å². The fraction of sp³-hybridized carbons (Fsp3) is 0.306. The minimum absolute atomic E-state index is 0.294. The Balaban J connectivity index is 1.96. The first-order valence-electron chi connectivity index (χ1n) is 14.7. The SMILES string of the molecule is CCCCN(CCCC)c1ccc(/C=C/C=C/C=C/C2=C(C#N)C(=C(C#N)C#N)OC2(c2ccccc2)C(F)(F)F)c(OC)c1. The summed E-state index contributed by atoms with van der Waals surface area (Å²) in [4.78, 5) is 2.36. The molecule has 0 spiro atoms. The van der Waals surface area contributed by atoms with Crippen molar-refractivity contribution in [3.05, 3.63) is 113 Å². The lowest BCUT2D eigenvalue weighted by atomic mass is 9.84. The third kappa shape index (κ3) is 7.66. The smallest absolute Gasteiger partial charge is 0.437 e. The number of hydrogen-bond donors (Lipinski definition) is 0. The molecule has 1 atom stereocenters. The van der Waals surface area contributed by atoms with Crippen LogP contribution in [0.3, 0.4) is 0 Å². The molecule has 232 valence electrons. The largest absolute Gasteiger partial charge is 0.496 e. The van der Waals surface area contributed by atoms with Gasteiger partial charge in [0.25, 0.3) is 5.60 Å². The number of halogens is 3. The third-order valence-corrected chi connectivity index (χ3v) is 7.29. The van der Waals surface area contributed by atoms with Gasteiger partial charge in [-0.25, -0.2) is 0 Å². The number of anilines is 1. The van der Waals surface area contributed by atoms with E-state index in [-0.39, 0.29) is 5.56 Å². The van der Waals surface area contributed by atoms with Gasteiger partial charge in [-0.2, -0.15) is 29.0 Å². The molecule has 0 amide bonds. The Morgan fingerprint density at radius 1 is 0.911 bits per heavy atom. The van der Waals surface area contributed by atoms with Crippen molar-refractivity contribution in [2.75, 3.05) is 25.1 Å². The van der Waals surface area contributed by atoms with Crippen LogP contribution in [0.4, 0.5) is 18.9 Å². The van der Waals surface area contributed by atoms with E-state index in [9.17, 15) is 29.0 Å². The highest BCUT2D eigenvalue weighted by atomic mass is 19.4. The Kier molecular flexibility index (Phi) is 12.2. The molecule has 1 unspecified atom stereocenters. The minimum Gasteiger partial charge on any atom is -0.496 e. The molecule has 0 radical (unpaired) electrons. The predicted molar refractivity (Wildman–Crippen MR) is 168 cm³/mol. The van der Waals surface area contributed by atoms with E-state index < -0.39 is 34.3 Å². The predicted octanol–water partition coefficient (Wildman–Crippen LogP) is 8.84. The Hall–Kier alpha value is -5.20. The summed E-state index contributed by atoms with van der Waals surface area (Å²) < 4.78 is 55.6. The van der Waals surface area contributed by atoms with Crippen LogP contribution in [0.25, 0.3) is 6.08 Å². The van der Waals surface area contributed by atoms with Crippen LogP contribution in [0, 0.1) is 34.0 Å². The van der Waals surface area contributed by atoms with Crippen LogP contribution in [0.5, 0.6) is 5.75 Å². The molecule has 6 nitrogen and oxygen atoms in total. The molecule has 0 N–H and O–H groups in total. The lowest BCUT2D eigenvalue weighted by Crippen LogP contribution is -2.43. The van der Waals surface area contributed by atoms with Crippen LogP contribution >= 0.6 is 0 Å². The second-order valence-corrected chi connectivity index (χ2v) is 10.2. The first-order chi connectivity index (χ1) is 21.7. The molecule has 1 aliphatic heterocycles. The number of methoxy groups -OCH3 is 1. The van der Waals surface area contributed by atoms with Crippen LogP contribution in [-0.4, -0.2) is 26.4 Å². The maximum absolute atomic E-state index is 14.9. The zero-order valence-electron chi connectivity index (χ0n) is 25.6. The summed E-state index contributed by atoms with van der Waals surface area (Å²) in [5.41, 5.74) is -3.26. The Bertz CT molecular complexity index is 1590. The zero-order chi connectivity index (χ0) is 32.9. The number of nitrogens with zero attached hydrogens (tertiary/aromatic N) is 4. The Morgan fingerprint density at radius 2 is 1.53 bits per heavy atom. The van der Waals surface area contributed by atoms with E-state index in [1.165, 1.54) is 48.6 Å². The van der Waals surface area contributed by atoms with Crippen molar-refractivity contribution in [3.63, 3.8) is 0 Å². The van der Waals surface area contributed by atoms with E-state index in [1.807, 2.05) is 18.2 Å². The number of hydrogen-bond acceptors (Lipinski definition) is 6. The summed E-state index contributed by atoms with van der Waals surface area (Å²) in [5, 5.41) is 28.6. The Morgan fingerprint density at radius 3 is 2.07 bits per heavy atom. The van der Waals surface area contributed by atoms with Crippen molar-refractivity contribution in [1.29, 1.82) is 15.8 Å². The van der Waals surface area contributed by atoms with Gasteiger partial charge in [-0.15, -0.1) is 0 Å². The van der Waals surface area contributed by atoms with Gasteiger partial charge in [0.05, 0.1) is 7.11 Å². The van der Waals surface area contributed by atoms with E-state index >= 15 is 0 Å². The van der Waals surface area contributed by atoms with Crippen molar-refractivity contribution >= 4 is 11.8 Å². The molecule has 2 aromatic rings. The standard InChI is InChI=1S/C36H35F3N4O2/c1-4-6-21-43(22-7-5-2)30-20-19-27(33(23-30)44-3)15-11-8-9-14-18-32-31(26-42)34(28(24-40)25-41)45-35(32,36(37,38)39)29-16-12-10-13-17-29/h8-20,23H,4-7,21-22H2,1-3H3/b9-8+,15-11+,18-14+. The highest BCUT2D eigenvalue weighted by Crippen LogP contribution is 2.55. The molecule has 1 heterocycles. The van der Waals surface area contributed by atoms with Crippen LogP contribution in [-0.2, 0) is 10.3 Å². The average molecular weight is 613 g/mol. The van der Waals surface area contributed by atoms with Gasteiger partial charge < -0.3 is 14.4 Å². The highest BCUT2D eigenvalue weighted by molar-refractivity contribution is 5.65. The summed E-state index contributed by atoms with van der Waals surface area (Å²) in [6, 6.07) is 17.6. The van der Waals surface area contributed by atoms with Gasteiger partial charge in [0.15, 0.2) is 11.3 Å². The van der Waals surface area contributed by atoms with E-state index in [2.05, 4.69) is 24.8 Å². The summed E-state index contributed by atoms with van der Waals surface area (Å²) in [6.07, 6.45) is 8.52. The topological polar surface area (TPSA) is 93.1 Å². The van der Waals surface area contributed by atoms with Crippen molar-refractivity contribution < 1.29 is 22.6 Å². The highest BCUT2D eigenvalue weighted by Gasteiger charge is 2.65. The maximum Gasteiger partial charge on any atom is 0.437 e. The molecule has 0 aromatic heterocycles. The molecule has 0 aliphatic carbocycles. The van der Waals surface area contributed by atoms with Crippen molar-refractivity contribution in [2.24, 2.45) is 0 Å². The molecule has 3 rings (SSSR count). The molecular formula is C36H35F3N4O2. The second-order valence-electron chi connectivity index (χ2n) is 10.2. The fourth-order valence-electron chi connectivity index (χ4n) is 4.97. The van der Waals surface area contributed by atoms with Crippen LogP contribution in [0.15, 0.2) is 101 Å². The number of benzene rings is 2. The maximum atomic E-state index is 14.9. The van der Waals surface area contributed by atoms with Crippen LogP contribution in [0.2, 0.25) is 0 Å².